The zero-order valence-electron chi connectivity index (χ0n) is 22.6. The molecule has 2 atom stereocenters. The van der Waals surface area contributed by atoms with E-state index in [0.717, 1.165) is 10.3 Å². The van der Waals surface area contributed by atoms with Gasteiger partial charge in [0.25, 0.3) is 5.88 Å². The molecule has 5 aromatic rings. The van der Waals surface area contributed by atoms with Gasteiger partial charge in [-0.05, 0) is 38.1 Å². The predicted molar refractivity (Wildman–Crippen MR) is 157 cm³/mol. The summed E-state index contributed by atoms with van der Waals surface area (Å²) in [7, 11) is 1.55. The Morgan fingerprint density at radius 1 is 1.14 bits per heavy atom. The topological polar surface area (TPSA) is 140 Å². The van der Waals surface area contributed by atoms with Crippen molar-refractivity contribution in [1.82, 2.24) is 19.9 Å². The lowest BCUT2D eigenvalue weighted by Crippen LogP contribution is -2.46. The molecule has 11 nitrogen and oxygen atoms in total. The van der Waals surface area contributed by atoms with Crippen molar-refractivity contribution in [3.8, 4) is 28.1 Å². The molecule has 2 N–H and O–H groups in total. The third-order valence-electron chi connectivity index (χ3n) is 6.42. The van der Waals surface area contributed by atoms with Gasteiger partial charge in [0.05, 0.1) is 43.4 Å². The van der Waals surface area contributed by atoms with Crippen LogP contribution in [-0.2, 0) is 0 Å². The first-order valence-electron chi connectivity index (χ1n) is 12.7. The maximum absolute atomic E-state index is 15.1. The maximum Gasteiger partial charge on any atom is 0.412 e. The zero-order chi connectivity index (χ0) is 30.0. The molecule has 0 radical (unpaired) electrons. The van der Waals surface area contributed by atoms with Crippen molar-refractivity contribution in [3.05, 3.63) is 59.6 Å². The molecule has 0 aliphatic heterocycles. The highest BCUT2D eigenvalue weighted by Gasteiger charge is 2.29. The number of carbonyl (C=O) groups is 1. The van der Waals surface area contributed by atoms with E-state index >= 15 is 4.39 Å². The molecule has 42 heavy (non-hydrogen) atoms. The Labute approximate surface area is 248 Å². The monoisotopic (exact) mass is 613 g/mol. The Kier molecular flexibility index (Phi) is 8.52. The van der Waals surface area contributed by atoms with Gasteiger partial charge in [0.1, 0.15) is 33.8 Å². The second kappa shape index (κ2) is 12.3. The van der Waals surface area contributed by atoms with Crippen molar-refractivity contribution in [3.63, 3.8) is 0 Å². The minimum atomic E-state index is -1.25. The van der Waals surface area contributed by atoms with Crippen molar-refractivity contribution in [2.45, 2.75) is 26.0 Å². The smallest absolute Gasteiger partial charge is 0.412 e. The molecule has 0 unspecified atom stereocenters. The minimum absolute atomic E-state index is 0.0578. The SMILES string of the molecule is COc1cnc2c(-c3nc4cc(F)c(O[C@@H](C)[C@@H](C)N(C(=O)O)c5ccc(OCCO)nc5)nc4s3)cc(Cl)cc2c1. The van der Waals surface area contributed by atoms with E-state index in [9.17, 15) is 9.90 Å². The summed E-state index contributed by atoms with van der Waals surface area (Å²) in [6.45, 7) is 3.12. The summed E-state index contributed by atoms with van der Waals surface area (Å²) in [4.78, 5) is 31.1. The highest BCUT2D eigenvalue weighted by Crippen LogP contribution is 2.37. The summed E-state index contributed by atoms with van der Waals surface area (Å²) in [5.41, 5.74) is 1.89. The molecule has 1 amide bonds. The van der Waals surface area contributed by atoms with E-state index in [-0.39, 0.29) is 30.7 Å². The highest BCUT2D eigenvalue weighted by molar-refractivity contribution is 7.21. The van der Waals surface area contributed by atoms with Gasteiger partial charge in [0.2, 0.25) is 5.88 Å². The van der Waals surface area contributed by atoms with Gasteiger partial charge >= 0.3 is 6.09 Å². The van der Waals surface area contributed by atoms with Crippen LogP contribution in [0.4, 0.5) is 14.9 Å². The number of aliphatic hydroxyl groups excluding tert-OH is 1. The summed E-state index contributed by atoms with van der Waals surface area (Å²) < 4.78 is 31.5. The summed E-state index contributed by atoms with van der Waals surface area (Å²) in [6, 6.07) is 8.79. The molecule has 5 rings (SSSR count). The van der Waals surface area contributed by atoms with Gasteiger partial charge in [0, 0.05) is 28.1 Å². The molecule has 0 aliphatic carbocycles. The van der Waals surface area contributed by atoms with Crippen molar-refractivity contribution in [1.29, 1.82) is 0 Å². The Morgan fingerprint density at radius 2 is 1.95 bits per heavy atom. The third-order valence-corrected chi connectivity index (χ3v) is 7.64. The van der Waals surface area contributed by atoms with Crippen molar-refractivity contribution < 1.29 is 33.6 Å². The number of hydrogen-bond acceptors (Lipinski definition) is 10. The average molecular weight is 614 g/mol. The molecule has 0 fully saturated rings. The number of aliphatic hydroxyl groups is 1. The fourth-order valence-corrected chi connectivity index (χ4v) is 5.40. The van der Waals surface area contributed by atoms with E-state index in [2.05, 4.69) is 19.9 Å². The van der Waals surface area contributed by atoms with Crippen LogP contribution in [0.25, 0.3) is 31.8 Å². The van der Waals surface area contributed by atoms with Gasteiger partial charge < -0.3 is 24.4 Å². The van der Waals surface area contributed by atoms with Crippen LogP contribution in [0, 0.1) is 5.82 Å². The summed E-state index contributed by atoms with van der Waals surface area (Å²) in [5.74, 6) is -0.214. The first-order valence-corrected chi connectivity index (χ1v) is 13.9. The van der Waals surface area contributed by atoms with Gasteiger partial charge in [-0.25, -0.2) is 19.2 Å². The van der Waals surface area contributed by atoms with Gasteiger partial charge in [0.15, 0.2) is 5.82 Å². The highest BCUT2D eigenvalue weighted by atomic mass is 35.5. The largest absolute Gasteiger partial charge is 0.495 e. The van der Waals surface area contributed by atoms with E-state index in [1.165, 1.54) is 35.7 Å². The van der Waals surface area contributed by atoms with Crippen LogP contribution in [-0.4, -0.2) is 68.7 Å². The van der Waals surface area contributed by atoms with Gasteiger partial charge in [-0.2, -0.15) is 4.98 Å². The minimum Gasteiger partial charge on any atom is -0.495 e. The normalized spacial score (nSPS) is 12.7. The lowest BCUT2D eigenvalue weighted by Gasteiger charge is -2.30. The van der Waals surface area contributed by atoms with Crippen LogP contribution in [0.2, 0.25) is 5.02 Å². The Balaban J connectivity index is 1.41. The van der Waals surface area contributed by atoms with Crippen molar-refractivity contribution in [2.75, 3.05) is 25.2 Å². The predicted octanol–water partition coefficient (Wildman–Crippen LogP) is 5.81. The van der Waals surface area contributed by atoms with E-state index in [0.29, 0.717) is 37.2 Å². The quantitative estimate of drug-likeness (QED) is 0.198. The molecular weight excluding hydrogens is 589 g/mol. The standard InChI is InChI=1S/C28H25ClFN5O6S/c1-14(35(28(37)38)18-4-5-23(31-12-18)40-7-6-36)15(2)41-25-21(30)11-22-27(34-25)42-26(33-22)20-10-17(29)8-16-9-19(39-3)13-32-24(16)20/h4-5,8-15,36H,6-7H2,1-3H3,(H,37,38)/t14-,15+/m1/s1. The van der Waals surface area contributed by atoms with Crippen LogP contribution in [0.1, 0.15) is 13.8 Å². The number of benzene rings is 1. The molecule has 4 aromatic heterocycles. The second-order valence-corrected chi connectivity index (χ2v) is 10.6. The average Bonchev–Trinajstić information content (AvgIpc) is 3.38. The maximum atomic E-state index is 15.1. The molecule has 1 aromatic carbocycles. The lowest BCUT2D eigenvalue weighted by atomic mass is 10.1. The third kappa shape index (κ3) is 5.98. The second-order valence-electron chi connectivity index (χ2n) is 9.16. The number of amides is 1. The van der Waals surface area contributed by atoms with Gasteiger partial charge in [-0.3, -0.25) is 9.88 Å². The fraction of sp³-hybridized carbons (Fsp3) is 0.250. The number of anilines is 1. The van der Waals surface area contributed by atoms with Crippen LogP contribution < -0.4 is 19.1 Å². The number of methoxy groups -OCH3 is 1. The van der Waals surface area contributed by atoms with Gasteiger partial charge in [-0.15, -0.1) is 0 Å². The number of aromatic nitrogens is 4. The first-order chi connectivity index (χ1) is 20.2. The van der Waals surface area contributed by atoms with E-state index in [1.807, 2.05) is 6.07 Å². The molecule has 4 heterocycles. The summed E-state index contributed by atoms with van der Waals surface area (Å²) >= 11 is 7.59. The van der Waals surface area contributed by atoms with Crippen LogP contribution in [0.3, 0.4) is 0 Å². The molecule has 0 spiro atoms. The van der Waals surface area contributed by atoms with E-state index in [4.69, 9.17) is 30.9 Å². The molecule has 0 saturated heterocycles. The van der Waals surface area contributed by atoms with Gasteiger partial charge in [-0.1, -0.05) is 22.9 Å². The Bertz CT molecular complexity index is 1760. The molecule has 0 bridgehead atoms. The summed E-state index contributed by atoms with van der Waals surface area (Å²) in [5, 5.41) is 20.6. The number of fused-ring (bicyclic) bond motifs is 2. The Hall–Kier alpha value is -4.33. The van der Waals surface area contributed by atoms with Crippen LogP contribution in [0.15, 0.2) is 48.8 Å². The van der Waals surface area contributed by atoms with Crippen LogP contribution in [0.5, 0.6) is 17.5 Å². The molecule has 0 saturated carbocycles. The number of halogens is 2. The number of ether oxygens (including phenoxy) is 3. The molecule has 14 heteroatoms. The fourth-order valence-electron chi connectivity index (χ4n) is 4.25. The number of nitrogens with zero attached hydrogens (tertiary/aromatic N) is 5. The number of carboxylic acid groups (broad SMARTS) is 1. The number of thiazole rings is 1. The number of rotatable bonds is 10. The number of hydrogen-bond donors (Lipinski definition) is 2. The zero-order valence-corrected chi connectivity index (χ0v) is 24.2. The molecular formula is C28H25ClFN5O6S. The van der Waals surface area contributed by atoms with E-state index in [1.54, 1.807) is 39.3 Å². The van der Waals surface area contributed by atoms with Crippen LogP contribution >= 0.6 is 22.9 Å². The molecule has 0 aliphatic rings. The Morgan fingerprint density at radius 3 is 2.64 bits per heavy atom. The lowest BCUT2D eigenvalue weighted by molar-refractivity contribution is 0.162. The van der Waals surface area contributed by atoms with E-state index < -0.39 is 24.1 Å². The van der Waals surface area contributed by atoms with Crippen molar-refractivity contribution in [2.24, 2.45) is 0 Å². The first kappa shape index (κ1) is 29.2. The number of pyridine rings is 3. The molecule has 218 valence electrons. The summed E-state index contributed by atoms with van der Waals surface area (Å²) in [6.07, 6.45) is 0.863. The van der Waals surface area contributed by atoms with Crippen molar-refractivity contribution >= 4 is 56.0 Å².